The zero-order chi connectivity index (χ0) is 22.0. The third-order valence-corrected chi connectivity index (χ3v) is 5.64. The molecule has 0 aliphatic carbocycles. The molecule has 0 aromatic heterocycles. The van der Waals surface area contributed by atoms with Crippen LogP contribution in [0.15, 0.2) is 66.4 Å². The Kier molecular flexibility index (Phi) is 5.91. The first-order valence-corrected chi connectivity index (χ1v) is 10.7. The third-order valence-electron chi connectivity index (χ3n) is 5.18. The van der Waals surface area contributed by atoms with Gasteiger partial charge < -0.3 is 14.4 Å². The standard InChI is InChI=1S/C25H24N2O3S/c1-4-29-19-13-11-18(12-14-19)27-24(28)22(26(3)25(27)31)16-21-20-9-7-6-8-17(20)10-15-23(21)30-5-2/h6-16H,4-5H2,1-3H3/b22-16-. The van der Waals surface area contributed by atoms with Crippen molar-refractivity contribution in [3.63, 3.8) is 0 Å². The van der Waals surface area contributed by atoms with E-state index in [0.29, 0.717) is 29.7 Å². The average Bonchev–Trinajstić information content (AvgIpc) is 2.99. The highest BCUT2D eigenvalue weighted by Gasteiger charge is 2.37. The molecule has 0 saturated carbocycles. The number of ether oxygens (including phenoxy) is 2. The van der Waals surface area contributed by atoms with Crippen molar-refractivity contribution in [1.82, 2.24) is 4.90 Å². The molecule has 3 aromatic rings. The molecule has 1 saturated heterocycles. The van der Waals surface area contributed by atoms with Crippen molar-refractivity contribution in [2.45, 2.75) is 13.8 Å². The quantitative estimate of drug-likeness (QED) is 0.394. The lowest BCUT2D eigenvalue weighted by Gasteiger charge is -2.17. The fraction of sp³-hybridized carbons (Fsp3) is 0.200. The van der Waals surface area contributed by atoms with E-state index in [2.05, 4.69) is 0 Å². The molecule has 0 bridgehead atoms. The fourth-order valence-electron chi connectivity index (χ4n) is 3.68. The lowest BCUT2D eigenvalue weighted by molar-refractivity contribution is -0.114. The summed E-state index contributed by atoms with van der Waals surface area (Å²) in [5.74, 6) is 1.32. The maximum absolute atomic E-state index is 13.4. The van der Waals surface area contributed by atoms with Gasteiger partial charge in [-0.3, -0.25) is 9.69 Å². The predicted molar refractivity (Wildman–Crippen MR) is 129 cm³/mol. The highest BCUT2D eigenvalue weighted by Crippen LogP contribution is 2.34. The Labute approximate surface area is 187 Å². The minimum Gasteiger partial charge on any atom is -0.494 e. The number of rotatable bonds is 6. The second kappa shape index (κ2) is 8.78. The Morgan fingerprint density at radius 2 is 1.65 bits per heavy atom. The molecule has 158 valence electrons. The van der Waals surface area contributed by atoms with Crippen LogP contribution in [-0.4, -0.2) is 36.2 Å². The molecule has 1 aliphatic rings. The van der Waals surface area contributed by atoms with Gasteiger partial charge in [-0.05, 0) is 73.2 Å². The molecule has 1 aliphatic heterocycles. The normalized spacial score (nSPS) is 15.3. The van der Waals surface area contributed by atoms with Crippen LogP contribution in [0.3, 0.4) is 0 Å². The van der Waals surface area contributed by atoms with Gasteiger partial charge in [0.25, 0.3) is 5.91 Å². The van der Waals surface area contributed by atoms with Crippen molar-refractivity contribution in [3.05, 3.63) is 71.9 Å². The zero-order valence-corrected chi connectivity index (χ0v) is 18.6. The zero-order valence-electron chi connectivity index (χ0n) is 17.8. The molecular formula is C25H24N2O3S. The molecule has 0 spiro atoms. The monoisotopic (exact) mass is 432 g/mol. The summed E-state index contributed by atoms with van der Waals surface area (Å²) in [5.41, 5.74) is 2.07. The number of thiocarbonyl (C=S) groups is 1. The Balaban J connectivity index is 1.78. The number of anilines is 1. The molecule has 1 amide bonds. The minimum atomic E-state index is -0.174. The van der Waals surface area contributed by atoms with Crippen molar-refractivity contribution in [1.29, 1.82) is 0 Å². The summed E-state index contributed by atoms with van der Waals surface area (Å²) < 4.78 is 11.4. The van der Waals surface area contributed by atoms with Gasteiger partial charge in [0.15, 0.2) is 5.11 Å². The lowest BCUT2D eigenvalue weighted by Crippen LogP contribution is -2.31. The topological polar surface area (TPSA) is 42.0 Å². The smallest absolute Gasteiger partial charge is 0.281 e. The molecule has 0 radical (unpaired) electrons. The molecule has 1 heterocycles. The predicted octanol–water partition coefficient (Wildman–Crippen LogP) is 5.24. The second-order valence-electron chi connectivity index (χ2n) is 7.07. The minimum absolute atomic E-state index is 0.174. The SMILES string of the molecule is CCOc1ccc(N2C(=O)/C(=C/c3c(OCC)ccc4ccccc34)N(C)C2=S)cc1. The van der Waals surface area contributed by atoms with Crippen LogP contribution in [-0.2, 0) is 4.79 Å². The first-order chi connectivity index (χ1) is 15.0. The Morgan fingerprint density at radius 1 is 0.935 bits per heavy atom. The molecule has 5 nitrogen and oxygen atoms in total. The van der Waals surface area contributed by atoms with Crippen LogP contribution in [0.25, 0.3) is 16.8 Å². The summed E-state index contributed by atoms with van der Waals surface area (Å²) in [6, 6.07) is 19.4. The van der Waals surface area contributed by atoms with E-state index in [1.165, 1.54) is 0 Å². The summed E-state index contributed by atoms with van der Waals surface area (Å²) in [5, 5.41) is 2.53. The van der Waals surface area contributed by atoms with E-state index in [0.717, 1.165) is 27.8 Å². The number of likely N-dealkylation sites (N-methyl/N-ethyl adjacent to an activating group) is 1. The number of carbonyl (C=O) groups excluding carboxylic acids is 1. The average molecular weight is 433 g/mol. The molecule has 3 aromatic carbocycles. The number of carbonyl (C=O) groups is 1. The lowest BCUT2D eigenvalue weighted by atomic mass is 10.0. The van der Waals surface area contributed by atoms with Gasteiger partial charge in [0.1, 0.15) is 17.2 Å². The van der Waals surface area contributed by atoms with E-state index < -0.39 is 0 Å². The molecule has 0 atom stereocenters. The van der Waals surface area contributed by atoms with Crippen molar-refractivity contribution >= 4 is 45.8 Å². The summed E-state index contributed by atoms with van der Waals surface area (Å²) in [6.07, 6.45) is 1.87. The number of benzene rings is 3. The van der Waals surface area contributed by atoms with Crippen molar-refractivity contribution in [3.8, 4) is 11.5 Å². The summed E-state index contributed by atoms with van der Waals surface area (Å²) in [4.78, 5) is 16.7. The van der Waals surface area contributed by atoms with E-state index in [9.17, 15) is 4.79 Å². The highest BCUT2D eigenvalue weighted by atomic mass is 32.1. The molecule has 0 N–H and O–H groups in total. The number of fused-ring (bicyclic) bond motifs is 1. The van der Waals surface area contributed by atoms with Crippen LogP contribution in [0.2, 0.25) is 0 Å². The second-order valence-corrected chi connectivity index (χ2v) is 7.44. The van der Waals surface area contributed by atoms with E-state index in [-0.39, 0.29) is 5.91 Å². The van der Waals surface area contributed by atoms with Gasteiger partial charge in [0.2, 0.25) is 0 Å². The summed E-state index contributed by atoms with van der Waals surface area (Å²) in [6.45, 7) is 5.00. The number of nitrogens with zero attached hydrogens (tertiary/aromatic N) is 2. The molecular weight excluding hydrogens is 408 g/mol. The Hall–Kier alpha value is -3.38. The van der Waals surface area contributed by atoms with E-state index >= 15 is 0 Å². The van der Waals surface area contributed by atoms with Crippen molar-refractivity contribution in [2.75, 3.05) is 25.2 Å². The maximum Gasteiger partial charge on any atom is 0.281 e. The van der Waals surface area contributed by atoms with Crippen LogP contribution < -0.4 is 14.4 Å². The molecule has 31 heavy (non-hydrogen) atoms. The highest BCUT2D eigenvalue weighted by molar-refractivity contribution is 7.80. The van der Waals surface area contributed by atoms with Crippen molar-refractivity contribution in [2.24, 2.45) is 0 Å². The van der Waals surface area contributed by atoms with Crippen LogP contribution in [0.5, 0.6) is 11.5 Å². The molecule has 0 unspecified atom stereocenters. The van der Waals surface area contributed by atoms with Gasteiger partial charge in [-0.25, -0.2) is 0 Å². The maximum atomic E-state index is 13.4. The van der Waals surface area contributed by atoms with E-state index in [1.807, 2.05) is 87.6 Å². The van der Waals surface area contributed by atoms with Gasteiger partial charge >= 0.3 is 0 Å². The van der Waals surface area contributed by atoms with Gasteiger partial charge in [0, 0.05) is 12.6 Å². The Morgan fingerprint density at radius 3 is 2.35 bits per heavy atom. The van der Waals surface area contributed by atoms with Crippen molar-refractivity contribution < 1.29 is 14.3 Å². The number of hydrogen-bond donors (Lipinski definition) is 0. The molecule has 6 heteroatoms. The summed E-state index contributed by atoms with van der Waals surface area (Å²) in [7, 11) is 1.81. The molecule has 1 fully saturated rings. The van der Waals surface area contributed by atoms with E-state index in [4.69, 9.17) is 21.7 Å². The van der Waals surface area contributed by atoms with Crippen LogP contribution in [0.4, 0.5) is 5.69 Å². The number of amides is 1. The van der Waals surface area contributed by atoms with Gasteiger partial charge in [0.05, 0.1) is 18.9 Å². The summed E-state index contributed by atoms with van der Waals surface area (Å²) >= 11 is 5.61. The largest absolute Gasteiger partial charge is 0.494 e. The fourth-order valence-corrected chi connectivity index (χ4v) is 3.97. The number of hydrogen-bond acceptors (Lipinski definition) is 4. The first kappa shape index (κ1) is 20.9. The third kappa shape index (κ3) is 3.86. The van der Waals surface area contributed by atoms with E-state index in [1.54, 1.807) is 9.80 Å². The Bertz CT molecular complexity index is 1170. The van der Waals surface area contributed by atoms with Crippen LogP contribution in [0.1, 0.15) is 19.4 Å². The van der Waals surface area contributed by atoms with Gasteiger partial charge in [-0.2, -0.15) is 0 Å². The van der Waals surface area contributed by atoms with Gasteiger partial charge in [-0.15, -0.1) is 0 Å². The van der Waals surface area contributed by atoms with Crippen LogP contribution in [0, 0.1) is 0 Å². The first-order valence-electron chi connectivity index (χ1n) is 10.3. The molecule has 4 rings (SSSR count). The van der Waals surface area contributed by atoms with Crippen LogP contribution >= 0.6 is 12.2 Å². The van der Waals surface area contributed by atoms with Gasteiger partial charge in [-0.1, -0.05) is 30.3 Å².